The molecule has 3 heteroatoms. The molecule has 1 aromatic carbocycles. The molecule has 1 rings (SSSR count). The van der Waals surface area contributed by atoms with Crippen LogP contribution in [0.15, 0.2) is 24.3 Å². The minimum absolute atomic E-state index is 0.0492. The van der Waals surface area contributed by atoms with E-state index in [1.165, 1.54) is 0 Å². The number of halogens is 1. The number of alkyl halides is 1. The molecule has 0 N–H and O–H groups in total. The number of hydrogen-bond donors (Lipinski definition) is 0. The Morgan fingerprint density at radius 1 is 1.40 bits per heavy atom. The van der Waals surface area contributed by atoms with Crippen LogP contribution in [-0.2, 0) is 6.42 Å². The van der Waals surface area contributed by atoms with Gasteiger partial charge in [0.1, 0.15) is 0 Å². The van der Waals surface area contributed by atoms with Gasteiger partial charge in [-0.3, -0.25) is 4.79 Å². The first-order chi connectivity index (χ1) is 7.20. The molecule has 0 unspecified atom stereocenters. The van der Waals surface area contributed by atoms with Crippen molar-refractivity contribution in [2.75, 3.05) is 19.5 Å². The molecule has 0 fully saturated rings. The molecule has 0 heterocycles. The van der Waals surface area contributed by atoms with Crippen LogP contribution in [-0.4, -0.2) is 30.3 Å². The van der Waals surface area contributed by atoms with E-state index in [9.17, 15) is 4.79 Å². The number of amides is 1. The number of rotatable bonds is 4. The topological polar surface area (TPSA) is 20.3 Å². The second kappa shape index (κ2) is 5.76. The summed E-state index contributed by atoms with van der Waals surface area (Å²) in [5.41, 5.74) is 1.87. The van der Waals surface area contributed by atoms with E-state index in [0.29, 0.717) is 12.4 Å². The van der Waals surface area contributed by atoms with Gasteiger partial charge in [0.05, 0.1) is 0 Å². The minimum atomic E-state index is 0.0492. The summed E-state index contributed by atoms with van der Waals surface area (Å²) >= 11 is 5.61. The molecule has 0 aliphatic carbocycles. The lowest BCUT2D eigenvalue weighted by atomic mass is 10.0. The third-order valence-corrected chi connectivity index (χ3v) is 2.56. The van der Waals surface area contributed by atoms with Crippen LogP contribution in [0.5, 0.6) is 0 Å². The molecule has 82 valence electrons. The van der Waals surface area contributed by atoms with Gasteiger partial charge in [0.25, 0.3) is 5.91 Å². The Hall–Kier alpha value is -1.02. The zero-order valence-corrected chi connectivity index (χ0v) is 9.92. The van der Waals surface area contributed by atoms with E-state index < -0.39 is 0 Å². The molecule has 0 spiro atoms. The molecule has 1 amide bonds. The maximum absolute atomic E-state index is 12.0. The van der Waals surface area contributed by atoms with Gasteiger partial charge in [0.2, 0.25) is 0 Å². The number of nitrogens with zero attached hydrogens (tertiary/aromatic N) is 1. The summed E-state index contributed by atoms with van der Waals surface area (Å²) < 4.78 is 0. The van der Waals surface area contributed by atoms with Gasteiger partial charge in [-0.1, -0.05) is 25.1 Å². The van der Waals surface area contributed by atoms with Crippen LogP contribution in [0.4, 0.5) is 0 Å². The summed E-state index contributed by atoms with van der Waals surface area (Å²) in [5.74, 6) is 0.518. The van der Waals surface area contributed by atoms with Crippen molar-refractivity contribution >= 4 is 17.5 Å². The van der Waals surface area contributed by atoms with Crippen molar-refractivity contribution in [2.45, 2.75) is 13.3 Å². The van der Waals surface area contributed by atoms with Crippen LogP contribution in [0.25, 0.3) is 0 Å². The van der Waals surface area contributed by atoms with Gasteiger partial charge in [0.15, 0.2) is 0 Å². The summed E-state index contributed by atoms with van der Waals surface area (Å²) in [5, 5.41) is 0. The molecule has 1 aromatic rings. The van der Waals surface area contributed by atoms with E-state index in [0.717, 1.165) is 17.5 Å². The van der Waals surface area contributed by atoms with E-state index in [1.807, 2.05) is 31.2 Å². The van der Waals surface area contributed by atoms with Crippen molar-refractivity contribution in [2.24, 2.45) is 0 Å². The molecular weight excluding hydrogens is 210 g/mol. The Kier molecular flexibility index (Phi) is 4.63. The highest BCUT2D eigenvalue weighted by Crippen LogP contribution is 2.11. The maximum Gasteiger partial charge on any atom is 0.253 e. The predicted molar refractivity (Wildman–Crippen MR) is 63.5 cm³/mol. The molecule has 0 radical (unpaired) electrons. The summed E-state index contributed by atoms with van der Waals surface area (Å²) in [7, 11) is 1.77. The van der Waals surface area contributed by atoms with Gasteiger partial charge in [-0.25, -0.2) is 0 Å². The first kappa shape index (κ1) is 12.1. The molecular formula is C12H16ClNO. The van der Waals surface area contributed by atoms with E-state index in [-0.39, 0.29) is 5.91 Å². The fraction of sp³-hybridized carbons (Fsp3) is 0.417. The summed E-state index contributed by atoms with van der Waals surface area (Å²) in [4.78, 5) is 13.6. The average molecular weight is 226 g/mol. The minimum Gasteiger partial charge on any atom is -0.341 e. The van der Waals surface area contributed by atoms with Gasteiger partial charge in [-0.05, 0) is 18.1 Å². The van der Waals surface area contributed by atoms with Gasteiger partial charge in [0, 0.05) is 25.0 Å². The molecule has 0 aliphatic rings. The summed E-state index contributed by atoms with van der Waals surface area (Å²) in [6.07, 6.45) is 0.872. The second-order valence-electron chi connectivity index (χ2n) is 3.43. The number of hydrogen-bond acceptors (Lipinski definition) is 1. The molecule has 0 bridgehead atoms. The van der Waals surface area contributed by atoms with Crippen molar-refractivity contribution in [3.8, 4) is 0 Å². The summed E-state index contributed by atoms with van der Waals surface area (Å²) in [6, 6.07) is 7.70. The highest BCUT2D eigenvalue weighted by atomic mass is 35.5. The van der Waals surface area contributed by atoms with Gasteiger partial charge >= 0.3 is 0 Å². The highest BCUT2D eigenvalue weighted by Gasteiger charge is 2.13. The first-order valence-electron chi connectivity index (χ1n) is 5.10. The van der Waals surface area contributed by atoms with Crippen molar-refractivity contribution < 1.29 is 4.79 Å². The molecule has 0 aromatic heterocycles. The number of benzene rings is 1. The Bertz CT molecular complexity index is 338. The third-order valence-electron chi connectivity index (χ3n) is 2.40. The van der Waals surface area contributed by atoms with Crippen molar-refractivity contribution in [1.29, 1.82) is 0 Å². The predicted octanol–water partition coefficient (Wildman–Crippen LogP) is 2.56. The van der Waals surface area contributed by atoms with E-state index in [1.54, 1.807) is 11.9 Å². The fourth-order valence-corrected chi connectivity index (χ4v) is 1.72. The monoisotopic (exact) mass is 225 g/mol. The van der Waals surface area contributed by atoms with Crippen LogP contribution in [0, 0.1) is 0 Å². The lowest BCUT2D eigenvalue weighted by molar-refractivity contribution is 0.0802. The number of carbonyl (C=O) groups excluding carboxylic acids is 1. The largest absolute Gasteiger partial charge is 0.341 e. The van der Waals surface area contributed by atoms with Crippen molar-refractivity contribution in [3.63, 3.8) is 0 Å². The van der Waals surface area contributed by atoms with Crippen LogP contribution < -0.4 is 0 Å². The molecule has 0 aliphatic heterocycles. The maximum atomic E-state index is 12.0. The lowest BCUT2D eigenvalue weighted by Crippen LogP contribution is -2.29. The van der Waals surface area contributed by atoms with Crippen molar-refractivity contribution in [1.82, 2.24) is 4.90 Å². The molecule has 0 atom stereocenters. The smallest absolute Gasteiger partial charge is 0.253 e. The molecule has 2 nitrogen and oxygen atoms in total. The SMILES string of the molecule is CCc1ccccc1C(=O)N(C)CCCl. The Morgan fingerprint density at radius 2 is 2.07 bits per heavy atom. The first-order valence-corrected chi connectivity index (χ1v) is 5.63. The zero-order chi connectivity index (χ0) is 11.3. The molecule has 0 saturated carbocycles. The normalized spacial score (nSPS) is 10.1. The molecule has 0 saturated heterocycles. The number of aryl methyl sites for hydroxylation is 1. The van der Waals surface area contributed by atoms with Gasteiger partial charge in [-0.15, -0.1) is 11.6 Å². The van der Waals surface area contributed by atoms with E-state index in [2.05, 4.69) is 0 Å². The van der Waals surface area contributed by atoms with Crippen molar-refractivity contribution in [3.05, 3.63) is 35.4 Å². The summed E-state index contributed by atoms with van der Waals surface area (Å²) in [6.45, 7) is 2.63. The second-order valence-corrected chi connectivity index (χ2v) is 3.80. The highest BCUT2D eigenvalue weighted by molar-refractivity contribution is 6.18. The quantitative estimate of drug-likeness (QED) is 0.722. The molecule has 15 heavy (non-hydrogen) atoms. The van der Waals surface area contributed by atoms with E-state index in [4.69, 9.17) is 11.6 Å². The Labute approximate surface area is 95.8 Å². The fourth-order valence-electron chi connectivity index (χ4n) is 1.47. The van der Waals surface area contributed by atoms with Crippen LogP contribution in [0.1, 0.15) is 22.8 Å². The van der Waals surface area contributed by atoms with E-state index >= 15 is 0 Å². The van der Waals surface area contributed by atoms with Gasteiger partial charge in [-0.2, -0.15) is 0 Å². The van der Waals surface area contributed by atoms with Crippen LogP contribution in [0.3, 0.4) is 0 Å². The Morgan fingerprint density at radius 3 is 2.67 bits per heavy atom. The number of carbonyl (C=O) groups is 1. The Balaban J connectivity index is 2.90. The standard InChI is InChI=1S/C12H16ClNO/c1-3-10-6-4-5-7-11(10)12(15)14(2)9-8-13/h4-7H,3,8-9H2,1-2H3. The third kappa shape index (κ3) is 2.96. The van der Waals surface area contributed by atoms with Gasteiger partial charge < -0.3 is 4.90 Å². The van der Waals surface area contributed by atoms with Crippen LogP contribution >= 0.6 is 11.6 Å². The zero-order valence-electron chi connectivity index (χ0n) is 9.16. The van der Waals surface area contributed by atoms with Crippen LogP contribution in [0.2, 0.25) is 0 Å². The lowest BCUT2D eigenvalue weighted by Gasteiger charge is -2.17. The average Bonchev–Trinajstić information content (AvgIpc) is 2.28.